The highest BCUT2D eigenvalue weighted by atomic mass is 16.5. The van der Waals surface area contributed by atoms with E-state index in [4.69, 9.17) is 4.52 Å². The Balaban J connectivity index is 1.71. The van der Waals surface area contributed by atoms with Crippen LogP contribution in [-0.2, 0) is 11.2 Å². The number of likely N-dealkylation sites (tertiary alicyclic amines) is 1. The maximum atomic E-state index is 12.8. The van der Waals surface area contributed by atoms with Crippen molar-refractivity contribution in [1.29, 1.82) is 0 Å². The summed E-state index contributed by atoms with van der Waals surface area (Å²) in [6, 6.07) is 0.0181. The molecule has 1 aliphatic heterocycles. The number of carbonyl (C=O) groups is 1. The number of hydrogen-bond donors (Lipinski definition) is 0. The Morgan fingerprint density at radius 1 is 1.36 bits per heavy atom. The van der Waals surface area contributed by atoms with Crippen LogP contribution in [0.25, 0.3) is 0 Å². The smallest absolute Gasteiger partial charge is 0.223 e. The summed E-state index contributed by atoms with van der Waals surface area (Å²) in [5.41, 5.74) is 2.78. The van der Waals surface area contributed by atoms with Crippen molar-refractivity contribution in [1.82, 2.24) is 20.0 Å². The summed E-state index contributed by atoms with van der Waals surface area (Å²) in [7, 11) is 3.88. The van der Waals surface area contributed by atoms with Gasteiger partial charge in [0.2, 0.25) is 5.91 Å². The summed E-state index contributed by atoms with van der Waals surface area (Å²) in [5, 5.41) is 3.96. The second-order valence-corrected chi connectivity index (χ2v) is 6.74. The van der Waals surface area contributed by atoms with Gasteiger partial charge in [0.15, 0.2) is 0 Å². The van der Waals surface area contributed by atoms with Crippen molar-refractivity contribution in [3.63, 3.8) is 0 Å². The summed E-state index contributed by atoms with van der Waals surface area (Å²) in [6.07, 6.45) is 6.56. The fraction of sp³-hybridized carbons (Fsp3) is 0.556. The van der Waals surface area contributed by atoms with E-state index < -0.39 is 0 Å². The summed E-state index contributed by atoms with van der Waals surface area (Å²) in [6.45, 7) is 4.58. The van der Waals surface area contributed by atoms with Crippen LogP contribution in [-0.4, -0.2) is 46.6 Å². The first kappa shape index (κ1) is 17.4. The van der Waals surface area contributed by atoms with E-state index >= 15 is 0 Å². The zero-order valence-corrected chi connectivity index (χ0v) is 15.3. The van der Waals surface area contributed by atoms with E-state index in [0.29, 0.717) is 12.8 Å². The molecule has 0 aromatic carbocycles. The number of rotatable bonds is 5. The number of anilines is 1. The van der Waals surface area contributed by atoms with Gasteiger partial charge in [-0.05, 0) is 33.1 Å². The predicted octanol–water partition coefficient (Wildman–Crippen LogP) is 2.44. The molecule has 1 amide bonds. The van der Waals surface area contributed by atoms with Gasteiger partial charge in [-0.15, -0.1) is 0 Å². The van der Waals surface area contributed by atoms with E-state index in [1.165, 1.54) is 0 Å². The third kappa shape index (κ3) is 3.65. The standard InChI is InChI=1S/C18H25N5O2/c1-12-14(13(2)25-21-12)7-8-18(24)23-9-5-6-16(23)15-10-19-11-17(20-15)22(3)4/h10-11,16H,5-9H2,1-4H3. The number of hydrogen-bond acceptors (Lipinski definition) is 6. The van der Waals surface area contributed by atoms with Crippen LogP contribution in [0.1, 0.15) is 48.0 Å². The molecule has 25 heavy (non-hydrogen) atoms. The second kappa shape index (κ2) is 7.21. The molecule has 0 spiro atoms. The first-order chi connectivity index (χ1) is 12.0. The van der Waals surface area contributed by atoms with Gasteiger partial charge in [0.1, 0.15) is 11.6 Å². The molecule has 1 atom stereocenters. The first-order valence-electron chi connectivity index (χ1n) is 8.68. The zero-order chi connectivity index (χ0) is 18.0. The van der Waals surface area contributed by atoms with Gasteiger partial charge in [-0.25, -0.2) is 4.98 Å². The third-order valence-electron chi connectivity index (χ3n) is 4.78. The molecule has 7 nitrogen and oxygen atoms in total. The summed E-state index contributed by atoms with van der Waals surface area (Å²) in [4.78, 5) is 25.6. The lowest BCUT2D eigenvalue weighted by Gasteiger charge is -2.25. The Hall–Kier alpha value is -2.44. The topological polar surface area (TPSA) is 75.4 Å². The molecule has 1 aliphatic rings. The maximum absolute atomic E-state index is 12.8. The van der Waals surface area contributed by atoms with Gasteiger partial charge in [-0.1, -0.05) is 5.16 Å². The van der Waals surface area contributed by atoms with Crippen molar-refractivity contribution < 1.29 is 9.32 Å². The van der Waals surface area contributed by atoms with Crippen LogP contribution >= 0.6 is 0 Å². The van der Waals surface area contributed by atoms with E-state index in [2.05, 4.69) is 15.1 Å². The van der Waals surface area contributed by atoms with Crippen molar-refractivity contribution >= 4 is 11.7 Å². The van der Waals surface area contributed by atoms with Gasteiger partial charge in [0.05, 0.1) is 29.8 Å². The highest BCUT2D eigenvalue weighted by Gasteiger charge is 2.31. The molecule has 0 saturated carbocycles. The van der Waals surface area contributed by atoms with Crippen molar-refractivity contribution in [3.05, 3.63) is 35.1 Å². The summed E-state index contributed by atoms with van der Waals surface area (Å²) in [5.74, 6) is 1.76. The molecule has 1 fully saturated rings. The molecule has 1 saturated heterocycles. The van der Waals surface area contributed by atoms with Gasteiger partial charge in [0.25, 0.3) is 0 Å². The average Bonchev–Trinajstić information content (AvgIpc) is 3.20. The zero-order valence-electron chi connectivity index (χ0n) is 15.3. The Morgan fingerprint density at radius 3 is 2.84 bits per heavy atom. The number of aryl methyl sites for hydroxylation is 2. The summed E-state index contributed by atoms with van der Waals surface area (Å²) < 4.78 is 5.18. The number of amides is 1. The fourth-order valence-electron chi connectivity index (χ4n) is 3.35. The first-order valence-corrected chi connectivity index (χ1v) is 8.68. The van der Waals surface area contributed by atoms with Gasteiger partial charge in [0, 0.05) is 32.6 Å². The Kier molecular flexibility index (Phi) is 5.01. The van der Waals surface area contributed by atoms with Crippen molar-refractivity contribution in [2.24, 2.45) is 0 Å². The number of nitrogens with zero attached hydrogens (tertiary/aromatic N) is 5. The molecule has 7 heteroatoms. The predicted molar refractivity (Wildman–Crippen MR) is 94.3 cm³/mol. The van der Waals surface area contributed by atoms with Crippen LogP contribution in [0.3, 0.4) is 0 Å². The van der Waals surface area contributed by atoms with E-state index in [0.717, 1.165) is 47.9 Å². The number of carbonyl (C=O) groups excluding carboxylic acids is 1. The van der Waals surface area contributed by atoms with Gasteiger partial charge >= 0.3 is 0 Å². The maximum Gasteiger partial charge on any atom is 0.223 e. The molecule has 0 radical (unpaired) electrons. The van der Waals surface area contributed by atoms with Crippen LogP contribution in [0.5, 0.6) is 0 Å². The SMILES string of the molecule is Cc1noc(C)c1CCC(=O)N1CCCC1c1cncc(N(C)C)n1. The van der Waals surface area contributed by atoms with Gasteiger partial charge < -0.3 is 14.3 Å². The molecule has 0 bridgehead atoms. The van der Waals surface area contributed by atoms with E-state index in [9.17, 15) is 4.79 Å². The average molecular weight is 343 g/mol. The Morgan fingerprint density at radius 2 is 2.16 bits per heavy atom. The van der Waals surface area contributed by atoms with E-state index in [1.54, 1.807) is 12.4 Å². The lowest BCUT2D eigenvalue weighted by Crippen LogP contribution is -2.31. The molecule has 0 N–H and O–H groups in total. The van der Waals surface area contributed by atoms with Crippen LogP contribution < -0.4 is 4.90 Å². The minimum atomic E-state index is 0.0181. The molecule has 1 unspecified atom stereocenters. The van der Waals surface area contributed by atoms with Crippen LogP contribution in [0.4, 0.5) is 5.82 Å². The molecule has 3 heterocycles. The van der Waals surface area contributed by atoms with Gasteiger partial charge in [-0.3, -0.25) is 9.78 Å². The minimum absolute atomic E-state index is 0.0181. The lowest BCUT2D eigenvalue weighted by molar-refractivity contribution is -0.132. The molecular weight excluding hydrogens is 318 g/mol. The van der Waals surface area contributed by atoms with Gasteiger partial charge in [-0.2, -0.15) is 0 Å². The molecule has 2 aromatic rings. The highest BCUT2D eigenvalue weighted by Crippen LogP contribution is 2.32. The van der Waals surface area contributed by atoms with Crippen molar-refractivity contribution in [2.45, 2.75) is 45.6 Å². The molecular formula is C18H25N5O2. The fourth-order valence-corrected chi connectivity index (χ4v) is 3.35. The normalized spacial score (nSPS) is 17.1. The monoisotopic (exact) mass is 343 g/mol. The molecule has 0 aliphatic carbocycles. The molecule has 3 rings (SSSR count). The van der Waals surface area contributed by atoms with Crippen molar-refractivity contribution in [3.8, 4) is 0 Å². The van der Waals surface area contributed by atoms with Crippen LogP contribution in [0.2, 0.25) is 0 Å². The van der Waals surface area contributed by atoms with E-state index in [-0.39, 0.29) is 11.9 Å². The molecule has 2 aromatic heterocycles. The quantitative estimate of drug-likeness (QED) is 0.830. The Labute approximate surface area is 148 Å². The highest BCUT2D eigenvalue weighted by molar-refractivity contribution is 5.77. The Bertz CT molecular complexity index is 736. The molecule has 134 valence electrons. The van der Waals surface area contributed by atoms with Crippen LogP contribution in [0.15, 0.2) is 16.9 Å². The minimum Gasteiger partial charge on any atom is -0.361 e. The number of aromatic nitrogens is 3. The third-order valence-corrected chi connectivity index (χ3v) is 4.78. The second-order valence-electron chi connectivity index (χ2n) is 6.74. The lowest BCUT2D eigenvalue weighted by atomic mass is 10.1. The van der Waals surface area contributed by atoms with E-state index in [1.807, 2.05) is 37.7 Å². The largest absolute Gasteiger partial charge is 0.361 e. The van der Waals surface area contributed by atoms with Crippen molar-refractivity contribution in [2.75, 3.05) is 25.5 Å². The summed E-state index contributed by atoms with van der Waals surface area (Å²) >= 11 is 0. The van der Waals surface area contributed by atoms with Crippen LogP contribution in [0, 0.1) is 13.8 Å².